The van der Waals surface area contributed by atoms with Gasteiger partial charge in [0.15, 0.2) is 12.6 Å². The Kier molecular flexibility index (Phi) is 27.7. The Bertz CT molecular complexity index is 1490. The van der Waals surface area contributed by atoms with Crippen LogP contribution in [0.2, 0.25) is 0 Å². The van der Waals surface area contributed by atoms with E-state index in [1.807, 2.05) is 12.1 Å². The first-order chi connectivity index (χ1) is 30.0. The first-order valence-electron chi connectivity index (χ1n) is 20.0. The van der Waals surface area contributed by atoms with Crippen LogP contribution in [0.1, 0.15) is 62.5 Å². The van der Waals surface area contributed by atoms with Crippen LogP contribution in [-0.4, -0.2) is 127 Å². The highest BCUT2D eigenvalue weighted by molar-refractivity contribution is 8.76. The summed E-state index contributed by atoms with van der Waals surface area (Å²) in [7, 11) is 11.2. The standard InChI is InChI=1S/C42H62N4O14S2/c1-53-35(54-2)21-13-19-33(39(49)57-5)43-37(47)31(45-41(51)59-27-29-15-9-7-10-16-29)23-25-61-62-26-24-32(46-42(52)60-28-30-17-11-8-12-18-30)38(48)44-34(40(50)58-6)20-14-22-36(55-3)56-4/h7-12,15-18,31-36H,13-14,19-28H2,1-6H3,(H,43,47)(H,44,48)(H,45,51)(H,46,52). The van der Waals surface area contributed by atoms with Gasteiger partial charge < -0.3 is 59.2 Å². The number of nitrogens with one attached hydrogen (secondary N) is 4. The third-order valence-corrected chi connectivity index (χ3v) is 11.7. The Balaban J connectivity index is 2.10. The van der Waals surface area contributed by atoms with Crippen molar-refractivity contribution in [1.29, 1.82) is 0 Å². The minimum Gasteiger partial charge on any atom is -0.467 e. The number of benzene rings is 2. The third-order valence-electron chi connectivity index (χ3n) is 9.23. The fourth-order valence-electron chi connectivity index (χ4n) is 5.77. The Hall–Kier alpha value is -4.60. The summed E-state index contributed by atoms with van der Waals surface area (Å²) < 4.78 is 41.5. The molecular weight excluding hydrogens is 849 g/mol. The summed E-state index contributed by atoms with van der Waals surface area (Å²) >= 11 is 0. The molecule has 4 N–H and O–H groups in total. The van der Waals surface area contributed by atoms with Crippen molar-refractivity contribution in [3.8, 4) is 0 Å². The molecule has 0 radical (unpaired) electrons. The van der Waals surface area contributed by atoms with Gasteiger partial charge in [-0.15, -0.1) is 0 Å². The van der Waals surface area contributed by atoms with E-state index in [0.717, 1.165) is 11.1 Å². The molecule has 0 aliphatic heterocycles. The summed E-state index contributed by atoms with van der Waals surface area (Å²) in [6, 6.07) is 13.9. The van der Waals surface area contributed by atoms with Gasteiger partial charge in [-0.25, -0.2) is 19.2 Å². The van der Waals surface area contributed by atoms with Crippen LogP contribution in [0.4, 0.5) is 9.59 Å². The van der Waals surface area contributed by atoms with Crippen molar-refractivity contribution < 1.29 is 66.7 Å². The zero-order chi connectivity index (χ0) is 45.5. The fraction of sp³-hybridized carbons (Fsp3) is 0.571. The van der Waals surface area contributed by atoms with Gasteiger partial charge in [0, 0.05) is 39.9 Å². The van der Waals surface area contributed by atoms with E-state index in [4.69, 9.17) is 37.9 Å². The van der Waals surface area contributed by atoms with Gasteiger partial charge >= 0.3 is 24.1 Å². The molecule has 4 unspecified atom stereocenters. The molecule has 0 spiro atoms. The Morgan fingerprint density at radius 1 is 0.468 bits per heavy atom. The number of carbonyl (C=O) groups excluding carboxylic acids is 6. The number of carbonyl (C=O) groups is 6. The molecule has 2 aromatic rings. The van der Waals surface area contributed by atoms with E-state index >= 15 is 0 Å². The topological polar surface area (TPSA) is 224 Å². The summed E-state index contributed by atoms with van der Waals surface area (Å²) in [5.41, 5.74) is 1.50. The van der Waals surface area contributed by atoms with Gasteiger partial charge in [-0.3, -0.25) is 9.59 Å². The molecule has 62 heavy (non-hydrogen) atoms. The summed E-state index contributed by atoms with van der Waals surface area (Å²) in [6.07, 6.45) is -0.0757. The number of amides is 4. The molecule has 18 nitrogen and oxygen atoms in total. The van der Waals surface area contributed by atoms with Gasteiger partial charge in [0.05, 0.1) is 14.2 Å². The lowest BCUT2D eigenvalue weighted by Crippen LogP contribution is -2.52. The molecule has 0 bridgehead atoms. The van der Waals surface area contributed by atoms with Crippen LogP contribution in [0.5, 0.6) is 0 Å². The Labute approximate surface area is 371 Å². The van der Waals surface area contributed by atoms with Crippen LogP contribution in [-0.2, 0) is 70.3 Å². The highest BCUT2D eigenvalue weighted by atomic mass is 33.1. The molecule has 0 fully saturated rings. The predicted molar refractivity (Wildman–Crippen MR) is 232 cm³/mol. The van der Waals surface area contributed by atoms with E-state index in [0.29, 0.717) is 37.2 Å². The summed E-state index contributed by atoms with van der Waals surface area (Å²) in [4.78, 5) is 78.3. The van der Waals surface area contributed by atoms with Gasteiger partial charge in [0.1, 0.15) is 37.4 Å². The molecule has 2 rings (SSSR count). The molecule has 0 aliphatic carbocycles. The molecule has 0 aliphatic rings. The van der Waals surface area contributed by atoms with Crippen LogP contribution >= 0.6 is 21.6 Å². The smallest absolute Gasteiger partial charge is 0.408 e. The van der Waals surface area contributed by atoms with Crippen molar-refractivity contribution in [2.24, 2.45) is 0 Å². The number of rotatable bonds is 31. The molecule has 0 saturated carbocycles. The van der Waals surface area contributed by atoms with Gasteiger partial charge in [0.2, 0.25) is 11.8 Å². The van der Waals surface area contributed by atoms with E-state index in [-0.39, 0.29) is 38.9 Å². The molecule has 2 aromatic carbocycles. The second-order valence-electron chi connectivity index (χ2n) is 13.6. The van der Waals surface area contributed by atoms with Gasteiger partial charge in [-0.1, -0.05) is 82.3 Å². The lowest BCUT2D eigenvalue weighted by molar-refractivity contribution is -0.146. The number of alkyl carbamates (subject to hydrolysis) is 2. The maximum Gasteiger partial charge on any atom is 0.408 e. The highest BCUT2D eigenvalue weighted by Crippen LogP contribution is 2.24. The number of methoxy groups -OCH3 is 6. The minimum absolute atomic E-state index is 0.0262. The SMILES string of the molecule is COC(=O)C(CCCC(OC)OC)NC(=O)C(CCSSCCC(NC(=O)OCc1ccccc1)C(=O)NC(CCCC(OC)OC)C(=O)OC)NC(=O)OCc1ccccc1. The molecule has 4 amide bonds. The van der Waals surface area contributed by atoms with Crippen molar-refractivity contribution in [2.45, 2.75) is 101 Å². The van der Waals surface area contributed by atoms with Gasteiger partial charge in [0.25, 0.3) is 0 Å². The van der Waals surface area contributed by atoms with E-state index in [1.54, 1.807) is 48.5 Å². The zero-order valence-corrected chi connectivity index (χ0v) is 37.9. The normalized spacial score (nSPS) is 13.0. The number of hydrogen-bond donors (Lipinski definition) is 4. The van der Waals surface area contributed by atoms with Crippen LogP contribution in [0, 0.1) is 0 Å². The van der Waals surface area contributed by atoms with Crippen LogP contribution < -0.4 is 21.3 Å². The van der Waals surface area contributed by atoms with Crippen molar-refractivity contribution in [3.05, 3.63) is 71.8 Å². The maximum atomic E-state index is 13.6. The van der Waals surface area contributed by atoms with Crippen molar-refractivity contribution in [2.75, 3.05) is 54.2 Å². The lowest BCUT2D eigenvalue weighted by atomic mass is 10.1. The van der Waals surface area contributed by atoms with Crippen molar-refractivity contribution in [3.63, 3.8) is 0 Å². The quantitative estimate of drug-likeness (QED) is 0.0266. The fourth-order valence-corrected chi connectivity index (χ4v) is 7.95. The van der Waals surface area contributed by atoms with Gasteiger partial charge in [-0.05, 0) is 62.5 Å². The summed E-state index contributed by atoms with van der Waals surface area (Å²) in [5, 5.41) is 10.6. The molecular formula is C42H62N4O14S2. The van der Waals surface area contributed by atoms with E-state index < -0.39 is 72.7 Å². The molecule has 346 valence electrons. The lowest BCUT2D eigenvalue weighted by Gasteiger charge is -2.23. The summed E-state index contributed by atoms with van der Waals surface area (Å²) in [5.74, 6) is -1.86. The highest BCUT2D eigenvalue weighted by Gasteiger charge is 2.30. The first-order valence-corrected chi connectivity index (χ1v) is 22.5. The average Bonchev–Trinajstić information content (AvgIpc) is 3.29. The second-order valence-corrected chi connectivity index (χ2v) is 16.3. The van der Waals surface area contributed by atoms with E-state index in [9.17, 15) is 28.8 Å². The molecule has 0 saturated heterocycles. The van der Waals surface area contributed by atoms with Crippen molar-refractivity contribution in [1.82, 2.24) is 21.3 Å². The minimum atomic E-state index is -1.10. The number of esters is 2. The van der Waals surface area contributed by atoms with Gasteiger partial charge in [-0.2, -0.15) is 0 Å². The maximum absolute atomic E-state index is 13.6. The first kappa shape index (κ1) is 53.5. The van der Waals surface area contributed by atoms with Crippen LogP contribution in [0.15, 0.2) is 60.7 Å². The van der Waals surface area contributed by atoms with Crippen molar-refractivity contribution >= 4 is 57.5 Å². The van der Waals surface area contributed by atoms with E-state index in [1.165, 1.54) is 64.2 Å². The largest absolute Gasteiger partial charge is 0.467 e. The number of hydrogen-bond acceptors (Lipinski definition) is 16. The summed E-state index contributed by atoms with van der Waals surface area (Å²) in [6.45, 7) is -0.0523. The molecule has 4 atom stereocenters. The Morgan fingerprint density at radius 2 is 0.823 bits per heavy atom. The average molecular weight is 911 g/mol. The Morgan fingerprint density at radius 3 is 1.15 bits per heavy atom. The monoisotopic (exact) mass is 910 g/mol. The third kappa shape index (κ3) is 22.0. The molecule has 0 aromatic heterocycles. The molecule has 20 heteroatoms. The zero-order valence-electron chi connectivity index (χ0n) is 36.3. The van der Waals surface area contributed by atoms with Crippen LogP contribution in [0.3, 0.4) is 0 Å². The molecule has 0 heterocycles. The number of ether oxygens (including phenoxy) is 8. The predicted octanol–water partition coefficient (Wildman–Crippen LogP) is 4.63. The second kappa shape index (κ2) is 32.1. The van der Waals surface area contributed by atoms with Crippen LogP contribution in [0.25, 0.3) is 0 Å². The van der Waals surface area contributed by atoms with E-state index in [2.05, 4.69) is 21.3 Å².